The number of aryl methyl sites for hydroxylation is 2. The van der Waals surface area contributed by atoms with Gasteiger partial charge in [-0.05, 0) is 42.8 Å². The molecule has 0 spiro atoms. The van der Waals surface area contributed by atoms with Crippen LogP contribution >= 0.6 is 11.3 Å². The smallest absolute Gasteiger partial charge is 0.174 e. The third-order valence-electron chi connectivity index (χ3n) is 4.67. The molecule has 0 aliphatic carbocycles. The van der Waals surface area contributed by atoms with Crippen molar-refractivity contribution < 1.29 is 9.47 Å². The summed E-state index contributed by atoms with van der Waals surface area (Å²) in [6, 6.07) is 15.7. The van der Waals surface area contributed by atoms with Crippen molar-refractivity contribution >= 4 is 34.0 Å². The first-order chi connectivity index (χ1) is 14.6. The molecular weight excluding hydrogens is 396 g/mol. The number of ether oxygens (including phenoxy) is 2. The second-order valence-electron chi connectivity index (χ2n) is 6.69. The minimum absolute atomic E-state index is 0.0327. The molecule has 0 aliphatic heterocycles. The summed E-state index contributed by atoms with van der Waals surface area (Å²) in [5, 5.41) is 11.7. The molecule has 0 saturated carbocycles. The minimum atomic E-state index is -0.0327. The Kier molecular flexibility index (Phi) is 5.50. The Morgan fingerprint density at radius 1 is 1.20 bits per heavy atom. The van der Waals surface area contributed by atoms with Crippen LogP contribution in [0.5, 0.6) is 11.5 Å². The zero-order chi connectivity index (χ0) is 21.1. The maximum Gasteiger partial charge on any atom is 0.174 e. The molecule has 2 heterocycles. The van der Waals surface area contributed by atoms with Gasteiger partial charge in [0.15, 0.2) is 18.1 Å². The predicted molar refractivity (Wildman–Crippen MR) is 119 cm³/mol. The average molecular weight is 417 g/mol. The van der Waals surface area contributed by atoms with E-state index in [0.717, 1.165) is 38.7 Å². The fraction of sp³-hybridized carbons (Fsp3) is 0.174. The summed E-state index contributed by atoms with van der Waals surface area (Å²) in [6.45, 7) is 1.95. The fourth-order valence-corrected chi connectivity index (χ4v) is 4.06. The summed E-state index contributed by atoms with van der Waals surface area (Å²) in [5.74, 6) is 1.94. The molecule has 0 atom stereocenters. The van der Waals surface area contributed by atoms with Gasteiger partial charge in [-0.15, -0.1) is 11.3 Å². The maximum atomic E-state index is 8.76. The molecule has 4 aromatic rings. The number of thiazole rings is 1. The molecule has 7 heteroatoms. The number of para-hydroxylation sites is 2. The number of benzene rings is 2. The molecule has 4 rings (SSSR count). The lowest BCUT2D eigenvalue weighted by molar-refractivity contribution is 0.329. The van der Waals surface area contributed by atoms with Crippen molar-refractivity contribution in [3.63, 3.8) is 0 Å². The largest absolute Gasteiger partial charge is 0.493 e. The van der Waals surface area contributed by atoms with Crippen LogP contribution in [0.2, 0.25) is 0 Å². The van der Waals surface area contributed by atoms with E-state index in [9.17, 15) is 0 Å². The van der Waals surface area contributed by atoms with Crippen molar-refractivity contribution in [2.45, 2.75) is 6.92 Å². The van der Waals surface area contributed by atoms with E-state index in [1.165, 1.54) is 0 Å². The zero-order valence-corrected chi connectivity index (χ0v) is 17.7. The molecule has 30 heavy (non-hydrogen) atoms. The Labute approximate surface area is 178 Å². The van der Waals surface area contributed by atoms with Crippen molar-refractivity contribution in [1.82, 2.24) is 14.5 Å². The highest BCUT2D eigenvalue weighted by molar-refractivity contribution is 7.11. The second kappa shape index (κ2) is 8.39. The number of rotatable bonds is 6. The van der Waals surface area contributed by atoms with Gasteiger partial charge in [0.1, 0.15) is 16.9 Å². The van der Waals surface area contributed by atoms with E-state index in [1.54, 1.807) is 18.4 Å². The number of imidazole rings is 1. The van der Waals surface area contributed by atoms with Crippen LogP contribution in [0.1, 0.15) is 22.1 Å². The molecule has 0 fully saturated rings. The van der Waals surface area contributed by atoms with Gasteiger partial charge in [0.2, 0.25) is 0 Å². The molecule has 2 aromatic heterocycles. The molecule has 6 nitrogen and oxygen atoms in total. The van der Waals surface area contributed by atoms with E-state index in [2.05, 4.69) is 16.7 Å². The molecule has 0 aliphatic rings. The Bertz CT molecular complexity index is 1280. The van der Waals surface area contributed by atoms with Gasteiger partial charge in [-0.2, -0.15) is 5.26 Å². The van der Waals surface area contributed by atoms with Gasteiger partial charge in [0.05, 0.1) is 23.7 Å². The summed E-state index contributed by atoms with van der Waals surface area (Å²) in [6.07, 6.45) is 2.05. The highest BCUT2D eigenvalue weighted by Gasteiger charge is 2.17. The summed E-state index contributed by atoms with van der Waals surface area (Å²) in [4.78, 5) is 9.56. The lowest BCUT2D eigenvalue weighted by Crippen LogP contribution is -1.99. The molecule has 0 amide bonds. The van der Waals surface area contributed by atoms with Crippen LogP contribution in [0, 0.1) is 18.3 Å². The molecule has 0 bridgehead atoms. The van der Waals surface area contributed by atoms with Gasteiger partial charge >= 0.3 is 0 Å². The van der Waals surface area contributed by atoms with Crippen LogP contribution in [0.3, 0.4) is 0 Å². The number of methoxy groups -OCH3 is 1. The summed E-state index contributed by atoms with van der Waals surface area (Å²) < 4.78 is 13.0. The van der Waals surface area contributed by atoms with E-state index in [0.29, 0.717) is 11.5 Å². The van der Waals surface area contributed by atoms with Crippen LogP contribution in [-0.4, -0.2) is 28.3 Å². The van der Waals surface area contributed by atoms with Gasteiger partial charge in [0, 0.05) is 18.1 Å². The summed E-state index contributed by atoms with van der Waals surface area (Å²) in [5.41, 5.74) is 4.82. The quantitative estimate of drug-likeness (QED) is 0.450. The molecule has 0 N–H and O–H groups in total. The van der Waals surface area contributed by atoms with Crippen LogP contribution in [-0.2, 0) is 7.05 Å². The van der Waals surface area contributed by atoms with Gasteiger partial charge < -0.3 is 14.0 Å². The van der Waals surface area contributed by atoms with Gasteiger partial charge in [-0.25, -0.2) is 9.97 Å². The first-order valence-electron chi connectivity index (χ1n) is 9.34. The highest BCUT2D eigenvalue weighted by Crippen LogP contribution is 2.33. The number of nitrogens with zero attached hydrogens (tertiary/aromatic N) is 4. The lowest BCUT2D eigenvalue weighted by Gasteiger charge is -2.10. The van der Waals surface area contributed by atoms with Crippen molar-refractivity contribution in [1.29, 1.82) is 5.26 Å². The average Bonchev–Trinajstić information content (AvgIpc) is 3.34. The zero-order valence-electron chi connectivity index (χ0n) is 16.9. The van der Waals surface area contributed by atoms with Crippen molar-refractivity contribution in [2.24, 2.45) is 7.05 Å². The van der Waals surface area contributed by atoms with Gasteiger partial charge in [-0.1, -0.05) is 18.2 Å². The summed E-state index contributed by atoms with van der Waals surface area (Å²) >= 11 is 1.59. The van der Waals surface area contributed by atoms with Crippen LogP contribution in [0.4, 0.5) is 0 Å². The van der Waals surface area contributed by atoms with E-state index in [-0.39, 0.29) is 6.61 Å². The Morgan fingerprint density at radius 3 is 2.73 bits per heavy atom. The van der Waals surface area contributed by atoms with Gasteiger partial charge in [-0.3, -0.25) is 0 Å². The first kappa shape index (κ1) is 19.7. The Morgan fingerprint density at radius 2 is 2.03 bits per heavy atom. The minimum Gasteiger partial charge on any atom is -0.493 e. The number of aromatic nitrogens is 3. The third-order valence-corrected chi connectivity index (χ3v) is 5.66. The third kappa shape index (κ3) is 3.78. The fourth-order valence-electron chi connectivity index (χ4n) is 3.26. The SMILES string of the molecule is COc1cc(/C=C(\c2nc(C)cs2)c2nc3ccccc3n2C)ccc1OCC#N. The van der Waals surface area contributed by atoms with Crippen molar-refractivity contribution in [3.05, 3.63) is 69.9 Å². The topological polar surface area (TPSA) is 73.0 Å². The highest BCUT2D eigenvalue weighted by atomic mass is 32.1. The number of nitriles is 1. The monoisotopic (exact) mass is 416 g/mol. The molecule has 0 radical (unpaired) electrons. The summed E-state index contributed by atoms with van der Waals surface area (Å²) in [7, 11) is 3.59. The molecular formula is C23H20N4O2S. The van der Waals surface area contributed by atoms with Crippen LogP contribution in [0.25, 0.3) is 22.7 Å². The molecule has 0 saturated heterocycles. The number of hydrogen-bond acceptors (Lipinski definition) is 6. The Balaban J connectivity index is 1.85. The normalized spacial score (nSPS) is 11.5. The van der Waals surface area contributed by atoms with E-state index in [1.807, 2.05) is 61.8 Å². The molecule has 150 valence electrons. The molecule has 2 aromatic carbocycles. The van der Waals surface area contributed by atoms with E-state index < -0.39 is 0 Å². The molecule has 0 unspecified atom stereocenters. The maximum absolute atomic E-state index is 8.76. The first-order valence-corrected chi connectivity index (χ1v) is 10.2. The van der Waals surface area contributed by atoms with E-state index >= 15 is 0 Å². The van der Waals surface area contributed by atoms with Crippen molar-refractivity contribution in [3.8, 4) is 17.6 Å². The predicted octanol–water partition coefficient (Wildman–Crippen LogP) is 4.84. The standard InChI is InChI=1S/C23H20N4O2S/c1-15-14-30-23(25-15)17(22-26-18-6-4-5-7-19(18)27(22)2)12-16-8-9-20(29-11-10-24)21(13-16)28-3/h4-9,12-14H,11H2,1-3H3/b17-12-. The number of fused-ring (bicyclic) bond motifs is 1. The number of hydrogen-bond donors (Lipinski definition) is 0. The van der Waals surface area contributed by atoms with Crippen LogP contribution < -0.4 is 9.47 Å². The van der Waals surface area contributed by atoms with Gasteiger partial charge in [0.25, 0.3) is 0 Å². The Hall–Kier alpha value is -3.63. The lowest BCUT2D eigenvalue weighted by atomic mass is 10.1. The van der Waals surface area contributed by atoms with Crippen molar-refractivity contribution in [2.75, 3.05) is 13.7 Å². The second-order valence-corrected chi connectivity index (χ2v) is 7.55. The van der Waals surface area contributed by atoms with Crippen LogP contribution in [0.15, 0.2) is 47.8 Å². The van der Waals surface area contributed by atoms with E-state index in [4.69, 9.17) is 24.7 Å².